The fourth-order valence-corrected chi connectivity index (χ4v) is 3.61. The van der Waals surface area contributed by atoms with E-state index < -0.39 is 0 Å². The molecule has 6 nitrogen and oxygen atoms in total. The predicted molar refractivity (Wildman–Crippen MR) is 103 cm³/mol. The molecule has 142 valence electrons. The molecule has 1 aliphatic rings. The van der Waals surface area contributed by atoms with Crippen molar-refractivity contribution in [2.45, 2.75) is 26.8 Å². The minimum absolute atomic E-state index is 0.181. The van der Waals surface area contributed by atoms with Crippen LogP contribution in [0.1, 0.15) is 17.5 Å². The smallest absolute Gasteiger partial charge is 0.197 e. The third-order valence-corrected chi connectivity index (χ3v) is 5.40. The molecule has 2 heterocycles. The van der Waals surface area contributed by atoms with E-state index in [4.69, 9.17) is 4.74 Å². The SMILES string of the molecule is COc1ccccc1N1CCN(CCCn2c(O)c(C)c(C)c2O)CC1. The van der Waals surface area contributed by atoms with E-state index in [1.54, 1.807) is 11.7 Å². The van der Waals surface area contributed by atoms with Crippen LogP contribution in [0.15, 0.2) is 24.3 Å². The van der Waals surface area contributed by atoms with Crippen LogP contribution in [0, 0.1) is 13.8 Å². The van der Waals surface area contributed by atoms with Crippen molar-refractivity contribution < 1.29 is 14.9 Å². The number of nitrogens with zero attached hydrogens (tertiary/aromatic N) is 3. The molecule has 0 aliphatic carbocycles. The first-order valence-electron chi connectivity index (χ1n) is 9.21. The first-order chi connectivity index (χ1) is 12.5. The third-order valence-electron chi connectivity index (χ3n) is 5.40. The quantitative estimate of drug-likeness (QED) is 0.830. The Balaban J connectivity index is 1.50. The summed E-state index contributed by atoms with van der Waals surface area (Å²) < 4.78 is 7.07. The van der Waals surface area contributed by atoms with Crippen molar-refractivity contribution in [2.24, 2.45) is 0 Å². The summed E-state index contributed by atoms with van der Waals surface area (Å²) in [5, 5.41) is 20.2. The van der Waals surface area contributed by atoms with Crippen LogP contribution in [0.5, 0.6) is 17.5 Å². The van der Waals surface area contributed by atoms with Gasteiger partial charge in [0.2, 0.25) is 0 Å². The number of methoxy groups -OCH3 is 1. The lowest BCUT2D eigenvalue weighted by molar-refractivity contribution is 0.245. The number of rotatable bonds is 6. The predicted octanol–water partition coefficient (Wildman–Crippen LogP) is 2.74. The van der Waals surface area contributed by atoms with Crippen molar-refractivity contribution in [3.63, 3.8) is 0 Å². The lowest BCUT2D eigenvalue weighted by Gasteiger charge is -2.36. The highest BCUT2D eigenvalue weighted by Gasteiger charge is 2.20. The van der Waals surface area contributed by atoms with E-state index in [2.05, 4.69) is 15.9 Å². The van der Waals surface area contributed by atoms with E-state index in [1.165, 1.54) is 0 Å². The van der Waals surface area contributed by atoms with Crippen molar-refractivity contribution >= 4 is 5.69 Å². The summed E-state index contributed by atoms with van der Waals surface area (Å²) in [6.07, 6.45) is 0.892. The lowest BCUT2D eigenvalue weighted by atomic mass is 10.2. The van der Waals surface area contributed by atoms with Gasteiger partial charge in [0.25, 0.3) is 0 Å². The molecule has 1 fully saturated rings. The van der Waals surface area contributed by atoms with Crippen molar-refractivity contribution in [1.29, 1.82) is 0 Å². The maximum atomic E-state index is 10.1. The van der Waals surface area contributed by atoms with Crippen molar-refractivity contribution in [3.05, 3.63) is 35.4 Å². The molecule has 0 unspecified atom stereocenters. The molecule has 1 saturated heterocycles. The minimum atomic E-state index is 0.181. The van der Waals surface area contributed by atoms with Gasteiger partial charge in [-0.3, -0.25) is 9.47 Å². The summed E-state index contributed by atoms with van der Waals surface area (Å²) in [6.45, 7) is 9.18. The van der Waals surface area contributed by atoms with Gasteiger partial charge in [-0.05, 0) is 38.9 Å². The van der Waals surface area contributed by atoms with Crippen molar-refractivity contribution in [2.75, 3.05) is 44.7 Å². The fourth-order valence-electron chi connectivity index (χ4n) is 3.61. The van der Waals surface area contributed by atoms with Crippen LogP contribution in [-0.2, 0) is 6.54 Å². The summed E-state index contributed by atoms with van der Waals surface area (Å²) in [5.74, 6) is 1.28. The maximum absolute atomic E-state index is 10.1. The number of hydrogen-bond acceptors (Lipinski definition) is 5. The van der Waals surface area contributed by atoms with Crippen LogP contribution >= 0.6 is 0 Å². The summed E-state index contributed by atoms with van der Waals surface area (Å²) >= 11 is 0. The van der Waals surface area contributed by atoms with Crippen LogP contribution in [0.25, 0.3) is 0 Å². The zero-order valence-electron chi connectivity index (χ0n) is 15.9. The number of aromatic hydroxyl groups is 2. The molecular weight excluding hydrogens is 330 g/mol. The highest BCUT2D eigenvalue weighted by atomic mass is 16.5. The summed E-state index contributed by atoms with van der Waals surface area (Å²) in [4.78, 5) is 4.80. The van der Waals surface area contributed by atoms with Gasteiger partial charge in [0, 0.05) is 43.9 Å². The second kappa shape index (κ2) is 7.91. The first kappa shape index (κ1) is 18.5. The molecule has 0 radical (unpaired) electrons. The highest BCUT2D eigenvalue weighted by molar-refractivity contribution is 5.58. The average Bonchev–Trinajstić information content (AvgIpc) is 2.86. The van der Waals surface area contributed by atoms with E-state index in [1.807, 2.05) is 32.0 Å². The second-order valence-corrected chi connectivity index (χ2v) is 6.90. The second-order valence-electron chi connectivity index (χ2n) is 6.90. The molecule has 2 aromatic rings. The molecule has 0 saturated carbocycles. The summed E-state index contributed by atoms with van der Waals surface area (Å²) in [5.41, 5.74) is 2.67. The van der Waals surface area contributed by atoms with Crippen LogP contribution < -0.4 is 9.64 Å². The van der Waals surface area contributed by atoms with Crippen molar-refractivity contribution in [1.82, 2.24) is 9.47 Å². The molecule has 0 atom stereocenters. The van der Waals surface area contributed by atoms with E-state index in [0.29, 0.717) is 6.54 Å². The summed E-state index contributed by atoms with van der Waals surface area (Å²) in [7, 11) is 1.71. The first-order valence-corrected chi connectivity index (χ1v) is 9.21. The Bertz CT molecular complexity index is 723. The normalized spacial score (nSPS) is 15.4. The largest absolute Gasteiger partial charge is 0.495 e. The molecular formula is C20H29N3O3. The van der Waals surface area contributed by atoms with Crippen LogP contribution in [0.2, 0.25) is 0 Å². The molecule has 0 spiro atoms. The molecule has 0 bridgehead atoms. The topological polar surface area (TPSA) is 61.1 Å². The van der Waals surface area contributed by atoms with Gasteiger partial charge in [0.1, 0.15) is 5.75 Å². The van der Waals surface area contributed by atoms with Gasteiger partial charge in [-0.25, -0.2) is 0 Å². The molecule has 1 aromatic heterocycles. The number of benzene rings is 1. The maximum Gasteiger partial charge on any atom is 0.197 e. The Morgan fingerprint density at radius 1 is 0.923 bits per heavy atom. The molecule has 26 heavy (non-hydrogen) atoms. The van der Waals surface area contributed by atoms with E-state index in [9.17, 15) is 10.2 Å². The van der Waals surface area contributed by atoms with Gasteiger partial charge in [-0.15, -0.1) is 0 Å². The van der Waals surface area contributed by atoms with E-state index >= 15 is 0 Å². The van der Waals surface area contributed by atoms with Gasteiger partial charge in [-0.1, -0.05) is 12.1 Å². The van der Waals surface area contributed by atoms with E-state index in [0.717, 1.165) is 61.7 Å². The zero-order chi connectivity index (χ0) is 18.7. The Labute approximate surface area is 155 Å². The molecule has 3 rings (SSSR count). The van der Waals surface area contributed by atoms with Crippen LogP contribution in [0.4, 0.5) is 5.69 Å². The molecule has 1 aromatic carbocycles. The minimum Gasteiger partial charge on any atom is -0.495 e. The standard InChI is InChI=1S/C20H29N3O3/c1-15-16(2)20(25)23(19(15)24)10-6-9-21-11-13-22(14-12-21)17-7-4-5-8-18(17)26-3/h4-5,7-8,24-25H,6,9-14H2,1-3H3. The molecule has 0 amide bonds. The molecule has 2 N–H and O–H groups in total. The Kier molecular flexibility index (Phi) is 5.61. The van der Waals surface area contributed by atoms with E-state index in [-0.39, 0.29) is 11.8 Å². The zero-order valence-corrected chi connectivity index (χ0v) is 15.9. The van der Waals surface area contributed by atoms with Gasteiger partial charge >= 0.3 is 0 Å². The Hall–Kier alpha value is -2.34. The number of ether oxygens (including phenoxy) is 1. The van der Waals surface area contributed by atoms with Crippen LogP contribution in [-0.4, -0.2) is 59.5 Å². The Morgan fingerprint density at radius 2 is 1.54 bits per heavy atom. The van der Waals surface area contributed by atoms with Gasteiger partial charge < -0.3 is 19.8 Å². The number of aromatic nitrogens is 1. The van der Waals surface area contributed by atoms with Crippen molar-refractivity contribution in [3.8, 4) is 17.5 Å². The van der Waals surface area contributed by atoms with Gasteiger partial charge in [0.05, 0.1) is 12.8 Å². The number of piperazine rings is 1. The third kappa shape index (κ3) is 3.60. The lowest BCUT2D eigenvalue weighted by Crippen LogP contribution is -2.46. The van der Waals surface area contributed by atoms with Crippen LogP contribution in [0.3, 0.4) is 0 Å². The van der Waals surface area contributed by atoms with Gasteiger partial charge in [0.15, 0.2) is 11.8 Å². The number of hydrogen-bond donors (Lipinski definition) is 2. The molecule has 6 heteroatoms. The number of anilines is 1. The van der Waals surface area contributed by atoms with Gasteiger partial charge in [-0.2, -0.15) is 0 Å². The average molecular weight is 359 g/mol. The fraction of sp³-hybridized carbons (Fsp3) is 0.500. The Morgan fingerprint density at radius 3 is 2.15 bits per heavy atom. The molecule has 1 aliphatic heterocycles. The highest BCUT2D eigenvalue weighted by Crippen LogP contribution is 2.32. The monoisotopic (exact) mass is 359 g/mol. The summed E-state index contributed by atoms with van der Waals surface area (Å²) in [6, 6.07) is 8.15. The number of para-hydroxylation sites is 2.